The molecule has 8 rings (SSSR count). The van der Waals surface area contributed by atoms with Gasteiger partial charge < -0.3 is 19.7 Å². The highest BCUT2D eigenvalue weighted by atomic mass is 16.5. The van der Waals surface area contributed by atoms with Gasteiger partial charge in [-0.3, -0.25) is 0 Å². The summed E-state index contributed by atoms with van der Waals surface area (Å²) >= 11 is 0. The van der Waals surface area contributed by atoms with E-state index in [-0.39, 0.29) is 22.8 Å². The molecule has 6 aliphatic rings. The van der Waals surface area contributed by atoms with Gasteiger partial charge in [0.25, 0.3) is 0 Å². The highest BCUT2D eigenvalue weighted by molar-refractivity contribution is 5.83. The van der Waals surface area contributed by atoms with Crippen molar-refractivity contribution in [3.8, 4) is 11.5 Å². The zero-order valence-corrected chi connectivity index (χ0v) is 33.8. The number of phenols is 2. The molecule has 8 atom stereocenters. The zero-order chi connectivity index (χ0) is 38.4. The number of aryl methyl sites for hydroxylation is 4. The second-order valence-corrected chi connectivity index (χ2v) is 17.7. The lowest BCUT2D eigenvalue weighted by Gasteiger charge is -2.49. The van der Waals surface area contributed by atoms with Crippen molar-refractivity contribution >= 4 is 11.9 Å². The molecule has 0 radical (unpaired) electrons. The van der Waals surface area contributed by atoms with Crippen LogP contribution in [0.3, 0.4) is 0 Å². The minimum atomic E-state index is -0.173. The zero-order valence-electron chi connectivity index (χ0n) is 33.8. The number of esters is 2. The molecule has 54 heavy (non-hydrogen) atoms. The largest absolute Gasteiger partial charge is 0.508 e. The van der Waals surface area contributed by atoms with Crippen LogP contribution in [0.5, 0.6) is 11.5 Å². The number of ether oxygens (including phenoxy) is 2. The molecule has 0 heterocycles. The van der Waals surface area contributed by atoms with Gasteiger partial charge in [0.15, 0.2) is 0 Å². The van der Waals surface area contributed by atoms with Crippen LogP contribution in [0.25, 0.3) is 0 Å². The normalized spacial score (nSPS) is 33.3. The molecular weight excluding hydrogens is 673 g/mol. The molecule has 6 unspecified atom stereocenters. The van der Waals surface area contributed by atoms with Gasteiger partial charge in [-0.05, 0) is 196 Å². The van der Waals surface area contributed by atoms with E-state index in [1.54, 1.807) is 12.2 Å². The summed E-state index contributed by atoms with van der Waals surface area (Å²) in [7, 11) is 0. The molecular formula is C48H64O6. The highest BCUT2D eigenvalue weighted by Gasteiger charge is 2.54. The molecule has 0 amide bonds. The Bertz CT molecular complexity index is 1690. The number of rotatable bonds is 6. The van der Waals surface area contributed by atoms with E-state index in [0.29, 0.717) is 60.2 Å². The number of hydrogen-bond donors (Lipinski definition) is 2. The average molecular weight is 737 g/mol. The Kier molecular flexibility index (Phi) is 11.1. The Hall–Kier alpha value is -3.54. The predicted octanol–water partition coefficient (Wildman–Crippen LogP) is 10.6. The van der Waals surface area contributed by atoms with Gasteiger partial charge in [-0.15, -0.1) is 0 Å². The summed E-state index contributed by atoms with van der Waals surface area (Å²) in [4.78, 5) is 24.1. The number of hydrogen-bond acceptors (Lipinski definition) is 6. The van der Waals surface area contributed by atoms with E-state index in [0.717, 1.165) is 62.5 Å². The van der Waals surface area contributed by atoms with Crippen molar-refractivity contribution < 1.29 is 29.3 Å². The molecule has 4 fully saturated rings. The van der Waals surface area contributed by atoms with Gasteiger partial charge in [-0.1, -0.05) is 51.0 Å². The number of carbonyl (C=O) groups excluding carboxylic acids is 2. The van der Waals surface area contributed by atoms with Gasteiger partial charge in [-0.2, -0.15) is 0 Å². The van der Waals surface area contributed by atoms with Crippen LogP contribution in [-0.2, 0) is 44.7 Å². The van der Waals surface area contributed by atoms with Crippen LogP contribution in [0.4, 0.5) is 0 Å². The Balaban J connectivity index is 0.000000167. The first-order valence-electron chi connectivity index (χ1n) is 21.4. The number of aromatic hydroxyl groups is 2. The fraction of sp³-hybridized carbons (Fsp3) is 0.625. The first-order chi connectivity index (χ1) is 25.9. The van der Waals surface area contributed by atoms with Crippen LogP contribution in [0.2, 0.25) is 0 Å². The number of carbonyl (C=O) groups is 2. The second-order valence-electron chi connectivity index (χ2n) is 17.7. The van der Waals surface area contributed by atoms with Gasteiger partial charge in [0.1, 0.15) is 11.5 Å². The number of phenolic OH excluding ortho intramolecular Hbond substituents is 2. The summed E-state index contributed by atoms with van der Waals surface area (Å²) in [6.45, 7) is 13.6. The fourth-order valence-electron chi connectivity index (χ4n) is 12.7. The average Bonchev–Trinajstić information content (AvgIpc) is 3.66. The second kappa shape index (κ2) is 15.5. The summed E-state index contributed by atoms with van der Waals surface area (Å²) < 4.78 is 10.4. The molecule has 2 aromatic carbocycles. The molecule has 2 N–H and O–H groups in total. The third-order valence-corrected chi connectivity index (χ3v) is 15.5. The predicted molar refractivity (Wildman–Crippen MR) is 214 cm³/mol. The van der Waals surface area contributed by atoms with E-state index in [2.05, 4.69) is 39.8 Å². The summed E-state index contributed by atoms with van der Waals surface area (Å²) in [6, 6.07) is 8.63. The van der Waals surface area contributed by atoms with Crippen molar-refractivity contribution in [2.75, 3.05) is 13.2 Å². The monoisotopic (exact) mass is 736 g/mol. The summed E-state index contributed by atoms with van der Waals surface area (Å²) in [5, 5.41) is 20.5. The Morgan fingerprint density at radius 2 is 1.04 bits per heavy atom. The van der Waals surface area contributed by atoms with Crippen molar-refractivity contribution in [1.29, 1.82) is 0 Å². The van der Waals surface area contributed by atoms with Crippen molar-refractivity contribution in [2.45, 2.75) is 143 Å². The molecule has 0 saturated heterocycles. The van der Waals surface area contributed by atoms with Gasteiger partial charge in [-0.25, -0.2) is 9.59 Å². The lowest BCUT2D eigenvalue weighted by Crippen LogP contribution is -2.40. The quantitative estimate of drug-likeness (QED) is 0.227. The van der Waals surface area contributed by atoms with Crippen molar-refractivity contribution in [2.24, 2.45) is 34.5 Å². The van der Waals surface area contributed by atoms with E-state index in [9.17, 15) is 19.8 Å². The lowest BCUT2D eigenvalue weighted by atomic mass is 9.55. The van der Waals surface area contributed by atoms with Crippen LogP contribution >= 0.6 is 0 Å². The SMILES string of the molecule is CCOC(=O)/C=C1/CCC2C3CCc4cc(O)c(CC)cc4C3CC[C@]12C.CCOC(=O)/C=C1\CCC2C3CCc4cc(O)c(CC)cc4C3CC[C@]12C. The molecule has 0 spiro atoms. The van der Waals surface area contributed by atoms with Crippen molar-refractivity contribution in [1.82, 2.24) is 0 Å². The molecule has 292 valence electrons. The van der Waals surface area contributed by atoms with E-state index in [4.69, 9.17) is 9.47 Å². The Labute approximate surface area is 323 Å². The standard InChI is InChI=1S/2C24H32O3/c2*1-4-15-12-20-16(13-22(15)25)6-8-19-18(20)10-11-24(3)17(7-9-21(19)24)14-23(26)27-5-2/h2*12-14,18-19,21,25H,4-11H2,1-3H3/b17-14+;17-14-/t2*18?,19?,21?,24-/m11/s1. The van der Waals surface area contributed by atoms with Gasteiger partial charge in [0.2, 0.25) is 0 Å². The maximum Gasteiger partial charge on any atom is 0.330 e. The fourth-order valence-corrected chi connectivity index (χ4v) is 12.7. The van der Waals surface area contributed by atoms with Crippen LogP contribution < -0.4 is 0 Å². The highest BCUT2D eigenvalue weighted by Crippen LogP contribution is 2.64. The molecule has 0 aromatic heterocycles. The van der Waals surface area contributed by atoms with Crippen molar-refractivity contribution in [3.05, 3.63) is 80.9 Å². The molecule has 6 nitrogen and oxygen atoms in total. The first-order valence-corrected chi connectivity index (χ1v) is 21.4. The summed E-state index contributed by atoms with van der Waals surface area (Å²) in [5.41, 5.74) is 10.8. The Morgan fingerprint density at radius 3 is 1.41 bits per heavy atom. The molecule has 0 bridgehead atoms. The summed E-state index contributed by atoms with van der Waals surface area (Å²) in [6.07, 6.45) is 19.0. The van der Waals surface area contributed by atoms with Gasteiger partial charge in [0.05, 0.1) is 13.2 Å². The Morgan fingerprint density at radius 1 is 0.630 bits per heavy atom. The van der Waals surface area contributed by atoms with Crippen LogP contribution in [0.1, 0.15) is 151 Å². The minimum Gasteiger partial charge on any atom is -0.508 e. The molecule has 4 saturated carbocycles. The van der Waals surface area contributed by atoms with Crippen LogP contribution in [0, 0.1) is 34.5 Å². The van der Waals surface area contributed by atoms with E-state index in [1.165, 1.54) is 71.9 Å². The maximum absolute atomic E-state index is 12.0. The number of allylic oxidation sites excluding steroid dienone is 2. The van der Waals surface area contributed by atoms with Crippen molar-refractivity contribution in [3.63, 3.8) is 0 Å². The lowest BCUT2D eigenvalue weighted by molar-refractivity contribution is -0.138. The van der Waals surface area contributed by atoms with Crippen LogP contribution in [-0.4, -0.2) is 35.4 Å². The maximum atomic E-state index is 12.0. The molecule has 6 aliphatic carbocycles. The number of benzene rings is 2. The van der Waals surface area contributed by atoms with Crippen LogP contribution in [0.15, 0.2) is 47.6 Å². The minimum absolute atomic E-state index is 0.149. The molecule has 0 aliphatic heterocycles. The topological polar surface area (TPSA) is 93.1 Å². The third-order valence-electron chi connectivity index (χ3n) is 15.5. The molecule has 6 heteroatoms. The van der Waals surface area contributed by atoms with Gasteiger partial charge in [0, 0.05) is 12.2 Å². The molecule has 2 aromatic rings. The number of fused-ring (bicyclic) bond motifs is 10. The van der Waals surface area contributed by atoms with E-state index >= 15 is 0 Å². The first kappa shape index (κ1) is 38.7. The third kappa shape index (κ3) is 6.83. The smallest absolute Gasteiger partial charge is 0.330 e. The van der Waals surface area contributed by atoms with E-state index in [1.807, 2.05) is 26.0 Å². The van der Waals surface area contributed by atoms with Gasteiger partial charge >= 0.3 is 11.9 Å². The summed E-state index contributed by atoms with van der Waals surface area (Å²) in [5.74, 6) is 4.51. The van der Waals surface area contributed by atoms with E-state index < -0.39 is 0 Å².